The number of rotatable bonds is 9. The van der Waals surface area contributed by atoms with E-state index >= 15 is 0 Å². The SMILES string of the molecule is O=C(CCCOc1cccc2ccccc12)NCCNC(=O)C1CCCC1. The van der Waals surface area contributed by atoms with Crippen LogP contribution >= 0.6 is 0 Å². The summed E-state index contributed by atoms with van der Waals surface area (Å²) in [6, 6.07) is 14.1. The lowest BCUT2D eigenvalue weighted by Crippen LogP contribution is -2.37. The highest BCUT2D eigenvalue weighted by Crippen LogP contribution is 2.25. The molecule has 2 aromatic carbocycles. The van der Waals surface area contributed by atoms with E-state index in [1.807, 2.05) is 30.3 Å². The predicted octanol–water partition coefficient (Wildman–Crippen LogP) is 3.42. The van der Waals surface area contributed by atoms with Crippen molar-refractivity contribution in [2.45, 2.75) is 38.5 Å². The molecule has 1 aliphatic rings. The fourth-order valence-corrected chi connectivity index (χ4v) is 3.54. The van der Waals surface area contributed by atoms with Crippen molar-refractivity contribution in [3.63, 3.8) is 0 Å². The zero-order valence-electron chi connectivity index (χ0n) is 15.7. The zero-order chi connectivity index (χ0) is 18.9. The third-order valence-electron chi connectivity index (χ3n) is 5.03. The normalized spacial score (nSPS) is 14.2. The monoisotopic (exact) mass is 368 g/mol. The first-order valence-corrected chi connectivity index (χ1v) is 9.89. The van der Waals surface area contributed by atoms with Gasteiger partial charge < -0.3 is 15.4 Å². The van der Waals surface area contributed by atoms with Gasteiger partial charge in [-0.3, -0.25) is 9.59 Å². The fraction of sp³-hybridized carbons (Fsp3) is 0.455. The van der Waals surface area contributed by atoms with Crippen molar-refractivity contribution in [3.05, 3.63) is 42.5 Å². The van der Waals surface area contributed by atoms with Crippen LogP contribution in [0.15, 0.2) is 42.5 Å². The van der Waals surface area contributed by atoms with Gasteiger partial charge in [-0.2, -0.15) is 0 Å². The Bertz CT molecular complexity index is 764. The number of fused-ring (bicyclic) bond motifs is 1. The van der Waals surface area contributed by atoms with Gasteiger partial charge in [0.05, 0.1) is 6.61 Å². The minimum atomic E-state index is -0.00775. The highest BCUT2D eigenvalue weighted by molar-refractivity contribution is 5.88. The average molecular weight is 368 g/mol. The minimum Gasteiger partial charge on any atom is -0.493 e. The van der Waals surface area contributed by atoms with Gasteiger partial charge in [0.2, 0.25) is 11.8 Å². The maximum absolute atomic E-state index is 11.9. The third kappa shape index (κ3) is 5.71. The van der Waals surface area contributed by atoms with Gasteiger partial charge in [0, 0.05) is 30.8 Å². The lowest BCUT2D eigenvalue weighted by Gasteiger charge is -2.11. The van der Waals surface area contributed by atoms with Crippen molar-refractivity contribution in [1.82, 2.24) is 10.6 Å². The molecule has 0 unspecified atom stereocenters. The highest BCUT2D eigenvalue weighted by atomic mass is 16.5. The molecule has 1 aliphatic carbocycles. The summed E-state index contributed by atoms with van der Waals surface area (Å²) < 4.78 is 5.85. The van der Waals surface area contributed by atoms with E-state index in [-0.39, 0.29) is 17.7 Å². The summed E-state index contributed by atoms with van der Waals surface area (Å²) in [5, 5.41) is 7.99. The van der Waals surface area contributed by atoms with Crippen LogP contribution in [0, 0.1) is 5.92 Å². The molecule has 0 spiro atoms. The van der Waals surface area contributed by atoms with Crippen LogP contribution in [0.5, 0.6) is 5.75 Å². The molecule has 0 saturated heterocycles. The first-order valence-electron chi connectivity index (χ1n) is 9.89. The molecule has 2 amide bonds. The molecular weight excluding hydrogens is 340 g/mol. The number of benzene rings is 2. The van der Waals surface area contributed by atoms with Crippen LogP contribution in [0.3, 0.4) is 0 Å². The van der Waals surface area contributed by atoms with E-state index in [1.54, 1.807) is 0 Å². The fourth-order valence-electron chi connectivity index (χ4n) is 3.54. The minimum absolute atomic E-state index is 0.00775. The predicted molar refractivity (Wildman–Crippen MR) is 107 cm³/mol. The van der Waals surface area contributed by atoms with Gasteiger partial charge in [0.15, 0.2) is 0 Å². The van der Waals surface area contributed by atoms with Gasteiger partial charge in [-0.1, -0.05) is 49.2 Å². The topological polar surface area (TPSA) is 67.4 Å². The Morgan fingerprint density at radius 2 is 1.70 bits per heavy atom. The standard InChI is InChI=1S/C22H28N2O3/c25-21(23-14-15-24-22(26)18-8-1-2-9-18)13-6-16-27-20-12-5-10-17-7-3-4-11-19(17)20/h3-5,7,10-12,18H,1-2,6,8-9,13-16H2,(H,23,25)(H,24,26). The molecule has 1 fully saturated rings. The first-order chi connectivity index (χ1) is 13.2. The summed E-state index contributed by atoms with van der Waals surface area (Å²) in [6.07, 6.45) is 5.36. The summed E-state index contributed by atoms with van der Waals surface area (Å²) in [7, 11) is 0. The van der Waals surface area contributed by atoms with Gasteiger partial charge in [0.1, 0.15) is 5.75 Å². The summed E-state index contributed by atoms with van der Waals surface area (Å²) >= 11 is 0. The van der Waals surface area contributed by atoms with E-state index < -0.39 is 0 Å². The van der Waals surface area contributed by atoms with Crippen LogP contribution in [0.2, 0.25) is 0 Å². The lowest BCUT2D eigenvalue weighted by molar-refractivity contribution is -0.125. The molecule has 2 N–H and O–H groups in total. The van der Waals surface area contributed by atoms with Crippen molar-refractivity contribution in [1.29, 1.82) is 0 Å². The first kappa shape index (κ1) is 19.2. The Hall–Kier alpha value is -2.56. The van der Waals surface area contributed by atoms with Gasteiger partial charge in [-0.25, -0.2) is 0 Å². The van der Waals surface area contributed by atoms with Gasteiger partial charge in [-0.05, 0) is 30.7 Å². The van der Waals surface area contributed by atoms with Crippen LogP contribution in [-0.2, 0) is 9.59 Å². The Kier molecular flexibility index (Phi) is 7.08. The maximum atomic E-state index is 11.9. The Labute approximate surface area is 160 Å². The second-order valence-corrected chi connectivity index (χ2v) is 7.05. The molecule has 0 bridgehead atoms. The molecule has 27 heavy (non-hydrogen) atoms. The van der Waals surface area contributed by atoms with E-state index in [0.29, 0.717) is 32.5 Å². The third-order valence-corrected chi connectivity index (χ3v) is 5.03. The van der Waals surface area contributed by atoms with E-state index in [1.165, 1.54) is 0 Å². The van der Waals surface area contributed by atoms with Crippen molar-refractivity contribution < 1.29 is 14.3 Å². The molecule has 5 heteroatoms. The van der Waals surface area contributed by atoms with Crippen LogP contribution < -0.4 is 15.4 Å². The van der Waals surface area contributed by atoms with Crippen molar-refractivity contribution in [2.24, 2.45) is 5.92 Å². The smallest absolute Gasteiger partial charge is 0.223 e. The summed E-state index contributed by atoms with van der Waals surface area (Å²) in [4.78, 5) is 23.8. The van der Waals surface area contributed by atoms with Gasteiger partial charge >= 0.3 is 0 Å². The Morgan fingerprint density at radius 1 is 0.963 bits per heavy atom. The molecular formula is C22H28N2O3. The van der Waals surface area contributed by atoms with Gasteiger partial charge in [-0.15, -0.1) is 0 Å². The quantitative estimate of drug-likeness (QED) is 0.667. The number of hydrogen-bond donors (Lipinski definition) is 2. The number of amides is 2. The largest absolute Gasteiger partial charge is 0.493 e. The summed E-state index contributed by atoms with van der Waals surface area (Å²) in [5.41, 5.74) is 0. The van der Waals surface area contributed by atoms with E-state index in [9.17, 15) is 9.59 Å². The second kappa shape index (κ2) is 9.95. The number of hydrogen-bond acceptors (Lipinski definition) is 3. The van der Waals surface area contributed by atoms with Gasteiger partial charge in [0.25, 0.3) is 0 Å². The molecule has 2 aromatic rings. The Balaban J connectivity index is 1.29. The molecule has 5 nitrogen and oxygen atoms in total. The molecule has 1 saturated carbocycles. The molecule has 0 aromatic heterocycles. The second-order valence-electron chi connectivity index (χ2n) is 7.05. The van der Waals surface area contributed by atoms with E-state index in [4.69, 9.17) is 4.74 Å². The number of carbonyl (C=O) groups is 2. The highest BCUT2D eigenvalue weighted by Gasteiger charge is 2.21. The van der Waals surface area contributed by atoms with E-state index in [2.05, 4.69) is 22.8 Å². The molecule has 0 heterocycles. The number of carbonyl (C=O) groups excluding carboxylic acids is 2. The zero-order valence-corrected chi connectivity index (χ0v) is 15.7. The number of nitrogens with one attached hydrogen (secondary N) is 2. The average Bonchev–Trinajstić information content (AvgIpc) is 3.23. The van der Waals surface area contributed by atoms with Crippen molar-refractivity contribution in [2.75, 3.05) is 19.7 Å². The molecule has 3 rings (SSSR count). The lowest BCUT2D eigenvalue weighted by atomic mass is 10.1. The molecule has 0 radical (unpaired) electrons. The van der Waals surface area contributed by atoms with E-state index in [0.717, 1.165) is 42.2 Å². The maximum Gasteiger partial charge on any atom is 0.223 e. The van der Waals surface area contributed by atoms with Crippen LogP contribution in [0.4, 0.5) is 0 Å². The van der Waals surface area contributed by atoms with Crippen LogP contribution in [-0.4, -0.2) is 31.5 Å². The molecule has 0 atom stereocenters. The summed E-state index contributed by atoms with van der Waals surface area (Å²) in [5.74, 6) is 1.15. The Morgan fingerprint density at radius 3 is 2.56 bits per heavy atom. The van der Waals surface area contributed by atoms with Crippen molar-refractivity contribution in [3.8, 4) is 5.75 Å². The van der Waals surface area contributed by atoms with Crippen LogP contribution in [0.1, 0.15) is 38.5 Å². The molecule has 144 valence electrons. The number of ether oxygens (including phenoxy) is 1. The van der Waals surface area contributed by atoms with Crippen LogP contribution in [0.25, 0.3) is 10.8 Å². The van der Waals surface area contributed by atoms with Crippen molar-refractivity contribution >= 4 is 22.6 Å². The molecule has 0 aliphatic heterocycles. The summed E-state index contributed by atoms with van der Waals surface area (Å²) in [6.45, 7) is 1.47.